The third-order valence-corrected chi connectivity index (χ3v) is 3.54. The number of amides is 1. The van der Waals surface area contributed by atoms with Crippen LogP contribution in [0.4, 0.5) is 5.95 Å². The van der Waals surface area contributed by atoms with Crippen molar-refractivity contribution < 1.29 is 19.7 Å². The lowest BCUT2D eigenvalue weighted by atomic mass is 10.2. The first-order valence-electron chi connectivity index (χ1n) is 6.78. The maximum Gasteiger partial charge on any atom is 0.262 e. The zero-order chi connectivity index (χ0) is 16.6. The van der Waals surface area contributed by atoms with E-state index in [9.17, 15) is 14.7 Å². The Morgan fingerprint density at radius 1 is 1.57 bits per heavy atom. The SMILES string of the molecule is Nc1nc2c(c(CNC=O)cn2C2C=C(O)C(CO)O2)c(=O)[nH]1. The van der Waals surface area contributed by atoms with Crippen LogP contribution in [0.2, 0.25) is 0 Å². The fraction of sp³-hybridized carbons (Fsp3) is 0.308. The molecule has 2 aromatic rings. The van der Waals surface area contributed by atoms with Crippen LogP contribution in [0.5, 0.6) is 0 Å². The molecular formula is C13H15N5O5. The van der Waals surface area contributed by atoms with Crippen LogP contribution in [-0.2, 0) is 16.1 Å². The molecule has 0 bridgehead atoms. The molecule has 122 valence electrons. The summed E-state index contributed by atoms with van der Waals surface area (Å²) in [6, 6.07) is 0. The van der Waals surface area contributed by atoms with Crippen molar-refractivity contribution >= 4 is 23.4 Å². The predicted molar refractivity (Wildman–Crippen MR) is 79.4 cm³/mol. The van der Waals surface area contributed by atoms with Crippen LogP contribution in [-0.4, -0.2) is 43.9 Å². The lowest BCUT2D eigenvalue weighted by Gasteiger charge is -2.14. The summed E-state index contributed by atoms with van der Waals surface area (Å²) in [6.07, 6.45) is 1.90. The molecule has 3 rings (SSSR count). The zero-order valence-corrected chi connectivity index (χ0v) is 11.9. The normalized spacial score (nSPS) is 20.7. The predicted octanol–water partition coefficient (Wildman–Crippen LogP) is -1.12. The van der Waals surface area contributed by atoms with Crippen molar-refractivity contribution in [3.63, 3.8) is 0 Å². The summed E-state index contributed by atoms with van der Waals surface area (Å²) in [5.41, 5.74) is 5.91. The van der Waals surface area contributed by atoms with E-state index in [2.05, 4.69) is 15.3 Å². The lowest BCUT2D eigenvalue weighted by Crippen LogP contribution is -2.18. The summed E-state index contributed by atoms with van der Waals surface area (Å²) in [4.78, 5) is 29.2. The molecule has 1 amide bonds. The number of aromatic nitrogens is 3. The van der Waals surface area contributed by atoms with Gasteiger partial charge in [0.25, 0.3) is 5.56 Å². The van der Waals surface area contributed by atoms with Crippen molar-refractivity contribution in [1.29, 1.82) is 0 Å². The molecule has 1 aliphatic rings. The van der Waals surface area contributed by atoms with Crippen LogP contribution in [0.15, 0.2) is 22.8 Å². The van der Waals surface area contributed by atoms with Gasteiger partial charge in [-0.1, -0.05) is 0 Å². The highest BCUT2D eigenvalue weighted by atomic mass is 16.5. The number of rotatable bonds is 5. The molecule has 1 aliphatic heterocycles. The van der Waals surface area contributed by atoms with Gasteiger partial charge >= 0.3 is 0 Å². The van der Waals surface area contributed by atoms with Crippen molar-refractivity contribution in [2.24, 2.45) is 0 Å². The molecule has 0 aliphatic carbocycles. The van der Waals surface area contributed by atoms with Crippen molar-refractivity contribution in [2.75, 3.05) is 12.3 Å². The van der Waals surface area contributed by atoms with Crippen molar-refractivity contribution in [2.45, 2.75) is 18.9 Å². The molecule has 23 heavy (non-hydrogen) atoms. The maximum atomic E-state index is 12.1. The molecule has 0 spiro atoms. The Hall–Kier alpha value is -2.85. The minimum absolute atomic E-state index is 0.0679. The Labute approximate surface area is 129 Å². The van der Waals surface area contributed by atoms with Gasteiger partial charge in [0.05, 0.1) is 12.0 Å². The van der Waals surface area contributed by atoms with E-state index in [1.165, 1.54) is 10.6 Å². The second-order valence-electron chi connectivity index (χ2n) is 5.00. The van der Waals surface area contributed by atoms with E-state index in [-0.39, 0.29) is 35.9 Å². The van der Waals surface area contributed by atoms with Gasteiger partial charge in [-0.15, -0.1) is 0 Å². The van der Waals surface area contributed by atoms with Crippen molar-refractivity contribution in [3.8, 4) is 0 Å². The molecular weight excluding hydrogens is 306 g/mol. The van der Waals surface area contributed by atoms with E-state index in [4.69, 9.17) is 15.6 Å². The number of aliphatic hydroxyl groups is 2. The fourth-order valence-corrected chi connectivity index (χ4v) is 2.54. The minimum Gasteiger partial charge on any atom is -0.510 e. The summed E-state index contributed by atoms with van der Waals surface area (Å²) in [5.74, 6) is -0.175. The van der Waals surface area contributed by atoms with Gasteiger partial charge in [-0.05, 0) is 0 Å². The van der Waals surface area contributed by atoms with Crippen molar-refractivity contribution in [3.05, 3.63) is 33.9 Å². The van der Waals surface area contributed by atoms with E-state index < -0.39 is 17.9 Å². The van der Waals surface area contributed by atoms with Crippen LogP contribution in [0.3, 0.4) is 0 Å². The standard InChI is InChI=1S/C13H15N5O5/c14-13-16-11-10(12(22)17-13)6(2-15-5-20)3-18(11)9-1-7(21)8(4-19)23-9/h1,3,5,8-9,19,21H,2,4H2,(H,15,20)(H3,14,16,17,22). The monoisotopic (exact) mass is 321 g/mol. The third kappa shape index (κ3) is 2.53. The molecule has 10 nitrogen and oxygen atoms in total. The first kappa shape index (κ1) is 15.1. The third-order valence-electron chi connectivity index (χ3n) is 3.54. The highest BCUT2D eigenvalue weighted by molar-refractivity contribution is 5.80. The van der Waals surface area contributed by atoms with Crippen LogP contribution >= 0.6 is 0 Å². The number of nitrogens with zero attached hydrogens (tertiary/aromatic N) is 2. The number of carbonyl (C=O) groups excluding carboxylic acids is 1. The van der Waals surface area contributed by atoms with Gasteiger partial charge in [-0.25, -0.2) is 0 Å². The molecule has 0 fully saturated rings. The van der Waals surface area contributed by atoms with Gasteiger partial charge in [-0.3, -0.25) is 14.6 Å². The molecule has 0 aromatic carbocycles. The number of fused-ring (bicyclic) bond motifs is 1. The lowest BCUT2D eigenvalue weighted by molar-refractivity contribution is -0.109. The first-order chi connectivity index (χ1) is 11.0. The summed E-state index contributed by atoms with van der Waals surface area (Å²) < 4.78 is 7.01. The number of nitrogen functional groups attached to an aromatic ring is 1. The summed E-state index contributed by atoms with van der Waals surface area (Å²) in [6.45, 7) is -0.263. The number of aliphatic hydroxyl groups excluding tert-OH is 2. The van der Waals surface area contributed by atoms with Gasteiger partial charge in [0, 0.05) is 24.4 Å². The number of ether oxygens (including phenoxy) is 1. The number of nitrogens with one attached hydrogen (secondary N) is 2. The van der Waals surface area contributed by atoms with E-state index in [0.29, 0.717) is 12.0 Å². The van der Waals surface area contributed by atoms with Crippen LogP contribution in [0.1, 0.15) is 11.8 Å². The van der Waals surface area contributed by atoms with Crippen LogP contribution in [0, 0.1) is 0 Å². The summed E-state index contributed by atoms with van der Waals surface area (Å²) in [7, 11) is 0. The molecule has 0 radical (unpaired) electrons. The molecule has 2 unspecified atom stereocenters. The minimum atomic E-state index is -0.839. The molecule has 0 saturated carbocycles. The van der Waals surface area contributed by atoms with E-state index in [1.807, 2.05) is 0 Å². The molecule has 2 aromatic heterocycles. The van der Waals surface area contributed by atoms with E-state index in [0.717, 1.165) is 0 Å². The van der Waals surface area contributed by atoms with E-state index >= 15 is 0 Å². The van der Waals surface area contributed by atoms with Crippen LogP contribution in [0.25, 0.3) is 11.0 Å². The number of H-pyrrole nitrogens is 1. The highest BCUT2D eigenvalue weighted by Crippen LogP contribution is 2.29. The number of aromatic amines is 1. The van der Waals surface area contributed by atoms with Gasteiger partial charge < -0.3 is 30.6 Å². The van der Waals surface area contributed by atoms with Gasteiger partial charge in [0.15, 0.2) is 11.9 Å². The van der Waals surface area contributed by atoms with Crippen molar-refractivity contribution in [1.82, 2.24) is 19.9 Å². The van der Waals surface area contributed by atoms with Gasteiger partial charge in [0.2, 0.25) is 12.4 Å². The second kappa shape index (κ2) is 5.74. The number of hydrogen-bond acceptors (Lipinski definition) is 7. The quantitative estimate of drug-likeness (QED) is 0.437. The molecule has 0 saturated heterocycles. The summed E-state index contributed by atoms with van der Waals surface area (Å²) >= 11 is 0. The van der Waals surface area contributed by atoms with E-state index in [1.54, 1.807) is 6.20 Å². The second-order valence-corrected chi connectivity index (χ2v) is 5.00. The molecule has 3 heterocycles. The van der Waals surface area contributed by atoms with Gasteiger partial charge in [0.1, 0.15) is 11.9 Å². The molecule has 2 atom stereocenters. The Morgan fingerprint density at radius 2 is 2.35 bits per heavy atom. The number of nitrogens with two attached hydrogens (primary N) is 1. The first-order valence-corrected chi connectivity index (χ1v) is 6.78. The number of anilines is 1. The Kier molecular flexibility index (Phi) is 3.76. The largest absolute Gasteiger partial charge is 0.510 e. The topological polar surface area (TPSA) is 155 Å². The number of hydrogen-bond donors (Lipinski definition) is 5. The Bertz CT molecular complexity index is 839. The summed E-state index contributed by atoms with van der Waals surface area (Å²) in [5, 5.41) is 21.6. The smallest absolute Gasteiger partial charge is 0.262 e. The van der Waals surface area contributed by atoms with Gasteiger partial charge in [-0.2, -0.15) is 4.98 Å². The fourth-order valence-electron chi connectivity index (χ4n) is 2.54. The zero-order valence-electron chi connectivity index (χ0n) is 11.9. The molecule has 10 heteroatoms. The Morgan fingerprint density at radius 3 is 3.00 bits per heavy atom. The van der Waals surface area contributed by atoms with Crippen LogP contribution < -0.4 is 16.6 Å². The average molecular weight is 321 g/mol. The number of carbonyl (C=O) groups is 1. The maximum absolute atomic E-state index is 12.1. The Balaban J connectivity index is 2.14. The molecule has 6 N–H and O–H groups in total. The highest BCUT2D eigenvalue weighted by Gasteiger charge is 2.29. The average Bonchev–Trinajstić information content (AvgIpc) is 3.05.